The van der Waals surface area contributed by atoms with Gasteiger partial charge in [-0.1, -0.05) is 25.0 Å². The molecule has 0 N–H and O–H groups in total. The molecule has 0 aliphatic carbocycles. The van der Waals surface area contributed by atoms with Crippen molar-refractivity contribution in [3.05, 3.63) is 69.3 Å². The molecule has 3 aromatic rings. The van der Waals surface area contributed by atoms with Crippen molar-refractivity contribution in [2.45, 2.75) is 38.8 Å². The molecular formula is C21H23N3O4. The van der Waals surface area contributed by atoms with Gasteiger partial charge in [0.1, 0.15) is 12.3 Å². The maximum Gasteiger partial charge on any atom is 0.332 e. The van der Waals surface area contributed by atoms with Gasteiger partial charge in [-0.2, -0.15) is 0 Å². The van der Waals surface area contributed by atoms with E-state index in [0.717, 1.165) is 43.3 Å². The third kappa shape index (κ3) is 3.52. The molecule has 4 rings (SSSR count). The van der Waals surface area contributed by atoms with E-state index in [9.17, 15) is 14.4 Å². The lowest BCUT2D eigenvalue weighted by atomic mass is 10.2. The summed E-state index contributed by atoms with van der Waals surface area (Å²) >= 11 is 0. The Morgan fingerprint density at radius 2 is 1.68 bits per heavy atom. The molecule has 0 atom stereocenters. The van der Waals surface area contributed by atoms with Crippen LogP contribution < -0.4 is 11.2 Å². The van der Waals surface area contributed by atoms with Gasteiger partial charge in [-0.05, 0) is 37.1 Å². The first-order chi connectivity index (χ1) is 13.6. The van der Waals surface area contributed by atoms with Crippen molar-refractivity contribution in [1.82, 2.24) is 14.0 Å². The molecule has 1 aromatic carbocycles. The van der Waals surface area contributed by atoms with E-state index in [-0.39, 0.29) is 24.6 Å². The molecule has 1 amide bonds. The summed E-state index contributed by atoms with van der Waals surface area (Å²) in [5.41, 5.74) is -0.393. The molecule has 1 aliphatic heterocycles. The molecule has 2 aromatic heterocycles. The normalized spacial score (nSPS) is 14.9. The molecule has 1 aliphatic rings. The van der Waals surface area contributed by atoms with Crippen molar-refractivity contribution in [1.29, 1.82) is 0 Å². The maximum absolute atomic E-state index is 13.1. The van der Waals surface area contributed by atoms with Gasteiger partial charge < -0.3 is 9.32 Å². The van der Waals surface area contributed by atoms with Gasteiger partial charge in [-0.15, -0.1) is 0 Å². The summed E-state index contributed by atoms with van der Waals surface area (Å²) in [5.74, 6) is 0.428. The Balaban J connectivity index is 1.77. The number of aromatic nitrogens is 2. The largest absolute Gasteiger partial charge is 0.467 e. The van der Waals surface area contributed by atoms with Gasteiger partial charge in [0.2, 0.25) is 5.91 Å². The number of amides is 1. The SMILES string of the molecule is O=C(Cn1c(=O)n(Cc2ccco2)c(=O)c2ccccc21)N1CCCCCC1. The van der Waals surface area contributed by atoms with E-state index in [4.69, 9.17) is 4.42 Å². The summed E-state index contributed by atoms with van der Waals surface area (Å²) < 4.78 is 7.85. The average molecular weight is 381 g/mol. The lowest BCUT2D eigenvalue weighted by Gasteiger charge is -2.21. The van der Waals surface area contributed by atoms with Crippen LogP contribution >= 0.6 is 0 Å². The highest BCUT2D eigenvalue weighted by atomic mass is 16.3. The van der Waals surface area contributed by atoms with E-state index in [1.54, 1.807) is 36.4 Å². The van der Waals surface area contributed by atoms with Crippen molar-refractivity contribution in [3.8, 4) is 0 Å². The van der Waals surface area contributed by atoms with Crippen molar-refractivity contribution in [2.75, 3.05) is 13.1 Å². The van der Waals surface area contributed by atoms with Crippen LogP contribution in [-0.4, -0.2) is 33.0 Å². The highest BCUT2D eigenvalue weighted by Gasteiger charge is 2.20. The van der Waals surface area contributed by atoms with E-state index in [1.807, 2.05) is 4.90 Å². The Morgan fingerprint density at radius 1 is 0.929 bits per heavy atom. The smallest absolute Gasteiger partial charge is 0.332 e. The van der Waals surface area contributed by atoms with E-state index in [2.05, 4.69) is 0 Å². The van der Waals surface area contributed by atoms with Crippen LogP contribution in [0.5, 0.6) is 0 Å². The number of hydrogen-bond acceptors (Lipinski definition) is 4. The predicted octanol–water partition coefficient (Wildman–Crippen LogP) is 2.21. The number of furan rings is 1. The molecule has 0 unspecified atom stereocenters. The van der Waals surface area contributed by atoms with Crippen LogP contribution in [0.4, 0.5) is 0 Å². The minimum Gasteiger partial charge on any atom is -0.467 e. The number of carbonyl (C=O) groups excluding carboxylic acids is 1. The van der Waals surface area contributed by atoms with Gasteiger partial charge in [-0.25, -0.2) is 4.79 Å². The van der Waals surface area contributed by atoms with Crippen LogP contribution in [0.3, 0.4) is 0 Å². The Kier molecular flexibility index (Phi) is 5.14. The molecule has 0 radical (unpaired) electrons. The minimum absolute atomic E-state index is 0.0351. The number of fused-ring (bicyclic) bond motifs is 1. The monoisotopic (exact) mass is 381 g/mol. The topological polar surface area (TPSA) is 77.5 Å². The molecule has 0 saturated carbocycles. The zero-order chi connectivity index (χ0) is 19.5. The second kappa shape index (κ2) is 7.88. The highest BCUT2D eigenvalue weighted by molar-refractivity contribution is 5.81. The Labute approximate surface area is 161 Å². The quantitative estimate of drug-likeness (QED) is 0.694. The molecule has 28 heavy (non-hydrogen) atoms. The fourth-order valence-corrected chi connectivity index (χ4v) is 3.78. The number of benzene rings is 1. The molecule has 1 fully saturated rings. The second-order valence-electron chi connectivity index (χ2n) is 7.15. The van der Waals surface area contributed by atoms with Crippen molar-refractivity contribution in [2.24, 2.45) is 0 Å². The van der Waals surface area contributed by atoms with Gasteiger partial charge in [-0.3, -0.25) is 18.7 Å². The Bertz CT molecular complexity index is 1090. The fraction of sp³-hybridized carbons (Fsp3) is 0.381. The van der Waals surface area contributed by atoms with Gasteiger partial charge in [0.15, 0.2) is 0 Å². The first kappa shape index (κ1) is 18.3. The molecule has 0 spiro atoms. The molecular weight excluding hydrogens is 358 g/mol. The first-order valence-electron chi connectivity index (χ1n) is 9.67. The second-order valence-corrected chi connectivity index (χ2v) is 7.15. The summed E-state index contributed by atoms with van der Waals surface area (Å²) in [7, 11) is 0. The van der Waals surface area contributed by atoms with Gasteiger partial charge in [0.05, 0.1) is 23.7 Å². The molecule has 146 valence electrons. The van der Waals surface area contributed by atoms with E-state index in [1.165, 1.54) is 10.8 Å². The summed E-state index contributed by atoms with van der Waals surface area (Å²) in [6, 6.07) is 10.3. The van der Waals surface area contributed by atoms with Gasteiger partial charge in [0, 0.05) is 13.1 Å². The van der Waals surface area contributed by atoms with Crippen LogP contribution in [0.2, 0.25) is 0 Å². The first-order valence-corrected chi connectivity index (χ1v) is 9.67. The Morgan fingerprint density at radius 3 is 2.39 bits per heavy atom. The Hall–Kier alpha value is -3.09. The summed E-state index contributed by atoms with van der Waals surface area (Å²) in [6.07, 6.45) is 5.73. The van der Waals surface area contributed by atoms with Crippen LogP contribution in [0.25, 0.3) is 10.9 Å². The van der Waals surface area contributed by atoms with E-state index < -0.39 is 5.69 Å². The number of likely N-dealkylation sites (tertiary alicyclic amines) is 1. The highest BCUT2D eigenvalue weighted by Crippen LogP contribution is 2.12. The molecule has 1 saturated heterocycles. The molecule has 0 bridgehead atoms. The van der Waals surface area contributed by atoms with Crippen LogP contribution in [0.1, 0.15) is 31.4 Å². The number of nitrogens with zero attached hydrogens (tertiary/aromatic N) is 3. The van der Waals surface area contributed by atoms with Crippen LogP contribution in [0, 0.1) is 0 Å². The summed E-state index contributed by atoms with van der Waals surface area (Å²) in [4.78, 5) is 40.7. The molecule has 7 heteroatoms. The number of para-hydroxylation sites is 1. The summed E-state index contributed by atoms with van der Waals surface area (Å²) in [6.45, 7) is 1.40. The average Bonchev–Trinajstić information content (AvgIpc) is 3.07. The van der Waals surface area contributed by atoms with Crippen molar-refractivity contribution < 1.29 is 9.21 Å². The third-order valence-electron chi connectivity index (χ3n) is 5.28. The van der Waals surface area contributed by atoms with Crippen molar-refractivity contribution in [3.63, 3.8) is 0 Å². The maximum atomic E-state index is 13.1. The number of rotatable bonds is 4. The standard InChI is InChI=1S/C21H23N3O4/c25-19(22-11-5-1-2-6-12-22)15-23-18-10-4-3-9-17(18)20(26)24(21(23)27)14-16-8-7-13-28-16/h3-4,7-10,13H,1-2,5-6,11-12,14-15H2. The van der Waals surface area contributed by atoms with Gasteiger partial charge >= 0.3 is 5.69 Å². The lowest BCUT2D eigenvalue weighted by Crippen LogP contribution is -2.43. The van der Waals surface area contributed by atoms with E-state index >= 15 is 0 Å². The molecule has 3 heterocycles. The zero-order valence-electron chi connectivity index (χ0n) is 15.7. The van der Waals surface area contributed by atoms with Crippen LogP contribution in [0.15, 0.2) is 56.7 Å². The third-order valence-corrected chi connectivity index (χ3v) is 5.28. The summed E-state index contributed by atoms with van der Waals surface area (Å²) in [5, 5.41) is 0.414. The van der Waals surface area contributed by atoms with Crippen LogP contribution in [-0.2, 0) is 17.9 Å². The van der Waals surface area contributed by atoms with Crippen molar-refractivity contribution >= 4 is 16.8 Å². The van der Waals surface area contributed by atoms with Gasteiger partial charge in [0.25, 0.3) is 5.56 Å². The predicted molar refractivity (Wildman–Crippen MR) is 105 cm³/mol. The molecule has 7 nitrogen and oxygen atoms in total. The fourth-order valence-electron chi connectivity index (χ4n) is 3.78. The lowest BCUT2D eigenvalue weighted by molar-refractivity contribution is -0.131. The number of carbonyl (C=O) groups is 1. The van der Waals surface area contributed by atoms with E-state index in [0.29, 0.717) is 16.7 Å². The zero-order valence-corrected chi connectivity index (χ0v) is 15.7. The number of hydrogen-bond donors (Lipinski definition) is 0. The minimum atomic E-state index is -0.497.